The highest BCUT2D eigenvalue weighted by Crippen LogP contribution is 2.30. The number of ether oxygens (including phenoxy) is 1. The topological polar surface area (TPSA) is 64.4 Å². The predicted molar refractivity (Wildman–Crippen MR) is 68.0 cm³/mol. The first-order chi connectivity index (χ1) is 8.15. The molecule has 0 spiro atoms. The van der Waals surface area contributed by atoms with Gasteiger partial charge in [0.2, 0.25) is 5.91 Å². The summed E-state index contributed by atoms with van der Waals surface area (Å²) < 4.78 is 5.35. The quantitative estimate of drug-likeness (QED) is 0.770. The van der Waals surface area contributed by atoms with Crippen LogP contribution in [0.15, 0.2) is 18.2 Å². The van der Waals surface area contributed by atoms with Crippen molar-refractivity contribution in [1.29, 1.82) is 0 Å². The predicted octanol–water partition coefficient (Wildman–Crippen LogP) is 2.12. The summed E-state index contributed by atoms with van der Waals surface area (Å²) in [7, 11) is 0. The van der Waals surface area contributed by atoms with Gasteiger partial charge in [0.05, 0.1) is 0 Å². The zero-order chi connectivity index (χ0) is 12.3. The number of hydrogen-bond acceptors (Lipinski definition) is 3. The minimum absolute atomic E-state index is 0.0754. The van der Waals surface area contributed by atoms with E-state index >= 15 is 0 Å². The van der Waals surface area contributed by atoms with Crippen LogP contribution in [0.3, 0.4) is 0 Å². The van der Waals surface area contributed by atoms with Crippen LogP contribution in [0, 0.1) is 0 Å². The van der Waals surface area contributed by atoms with Crippen molar-refractivity contribution >= 4 is 17.3 Å². The fourth-order valence-corrected chi connectivity index (χ4v) is 2.22. The van der Waals surface area contributed by atoms with E-state index in [2.05, 4.69) is 5.32 Å². The molecule has 1 fully saturated rings. The van der Waals surface area contributed by atoms with Gasteiger partial charge in [0.1, 0.15) is 0 Å². The molecule has 17 heavy (non-hydrogen) atoms. The van der Waals surface area contributed by atoms with Gasteiger partial charge >= 0.3 is 0 Å². The Kier molecular flexibility index (Phi) is 3.64. The molecule has 1 saturated heterocycles. The van der Waals surface area contributed by atoms with E-state index in [1.54, 1.807) is 6.07 Å². The summed E-state index contributed by atoms with van der Waals surface area (Å²) >= 11 is 0. The van der Waals surface area contributed by atoms with Crippen molar-refractivity contribution in [2.75, 3.05) is 24.3 Å². The fraction of sp³-hybridized carbons (Fsp3) is 0.462. The molecule has 1 aromatic carbocycles. The van der Waals surface area contributed by atoms with Gasteiger partial charge in [-0.15, -0.1) is 0 Å². The number of carbonyl (C=O) groups excluding carboxylic acids is 1. The van der Waals surface area contributed by atoms with Crippen molar-refractivity contribution in [3.8, 4) is 0 Å². The highest BCUT2D eigenvalue weighted by Gasteiger charge is 2.16. The number of carbonyl (C=O) groups is 1. The van der Waals surface area contributed by atoms with Crippen LogP contribution in [0.2, 0.25) is 0 Å². The normalized spacial score (nSPS) is 16.8. The van der Waals surface area contributed by atoms with E-state index in [1.807, 2.05) is 12.1 Å². The lowest BCUT2D eigenvalue weighted by Crippen LogP contribution is -2.15. The maximum Gasteiger partial charge on any atom is 0.221 e. The monoisotopic (exact) mass is 234 g/mol. The standard InChI is InChI=1S/C13H18N2O2/c1-9(16)15-13-7-11(6-12(14)8-13)10-2-4-17-5-3-10/h6-8,10H,2-5,14H2,1H3,(H,15,16). The summed E-state index contributed by atoms with van der Waals surface area (Å²) in [5.74, 6) is 0.410. The van der Waals surface area contributed by atoms with Gasteiger partial charge in [0, 0.05) is 31.5 Å². The van der Waals surface area contributed by atoms with Crippen molar-refractivity contribution in [1.82, 2.24) is 0 Å². The zero-order valence-electron chi connectivity index (χ0n) is 10.0. The van der Waals surface area contributed by atoms with Crippen molar-refractivity contribution in [2.45, 2.75) is 25.7 Å². The van der Waals surface area contributed by atoms with Crippen LogP contribution in [0.5, 0.6) is 0 Å². The van der Waals surface area contributed by atoms with Gasteiger partial charge in [0.25, 0.3) is 0 Å². The Balaban J connectivity index is 2.20. The number of amides is 1. The van der Waals surface area contributed by atoms with Crippen molar-refractivity contribution in [2.24, 2.45) is 0 Å². The highest BCUT2D eigenvalue weighted by atomic mass is 16.5. The average molecular weight is 234 g/mol. The first-order valence-corrected chi connectivity index (χ1v) is 5.91. The van der Waals surface area contributed by atoms with Crippen molar-refractivity contribution in [3.05, 3.63) is 23.8 Å². The molecule has 3 N–H and O–H groups in total. The van der Waals surface area contributed by atoms with Gasteiger partial charge in [-0.2, -0.15) is 0 Å². The van der Waals surface area contributed by atoms with E-state index in [0.29, 0.717) is 11.6 Å². The second-order valence-corrected chi connectivity index (χ2v) is 4.46. The van der Waals surface area contributed by atoms with E-state index in [-0.39, 0.29) is 5.91 Å². The molecule has 0 saturated carbocycles. The lowest BCUT2D eigenvalue weighted by Gasteiger charge is -2.23. The lowest BCUT2D eigenvalue weighted by atomic mass is 9.91. The fourth-order valence-electron chi connectivity index (χ4n) is 2.22. The molecule has 1 aromatic rings. The molecule has 1 amide bonds. The molecule has 92 valence electrons. The Morgan fingerprint density at radius 2 is 2.06 bits per heavy atom. The molecule has 0 atom stereocenters. The van der Waals surface area contributed by atoms with Gasteiger partial charge in [0.15, 0.2) is 0 Å². The SMILES string of the molecule is CC(=O)Nc1cc(N)cc(C2CCOCC2)c1. The van der Waals surface area contributed by atoms with E-state index in [0.717, 1.165) is 31.7 Å². The van der Waals surface area contributed by atoms with Crippen LogP contribution in [-0.4, -0.2) is 19.1 Å². The molecule has 1 aliphatic rings. The Labute approximate surface area is 101 Å². The number of anilines is 2. The summed E-state index contributed by atoms with van der Waals surface area (Å²) in [5, 5.41) is 2.77. The minimum Gasteiger partial charge on any atom is -0.399 e. The minimum atomic E-state index is -0.0754. The number of rotatable bonds is 2. The Hall–Kier alpha value is -1.55. The van der Waals surface area contributed by atoms with Crippen LogP contribution in [0.1, 0.15) is 31.2 Å². The Morgan fingerprint density at radius 1 is 1.35 bits per heavy atom. The molecular weight excluding hydrogens is 216 g/mol. The largest absolute Gasteiger partial charge is 0.399 e. The molecule has 1 aliphatic heterocycles. The summed E-state index contributed by atoms with van der Waals surface area (Å²) in [6.45, 7) is 3.10. The van der Waals surface area contributed by atoms with Crippen LogP contribution in [0.25, 0.3) is 0 Å². The molecule has 0 bridgehead atoms. The maximum absolute atomic E-state index is 11.0. The number of benzene rings is 1. The van der Waals surface area contributed by atoms with Gasteiger partial charge in [-0.05, 0) is 42.5 Å². The molecule has 0 unspecified atom stereocenters. The third-order valence-corrected chi connectivity index (χ3v) is 2.99. The van der Waals surface area contributed by atoms with Gasteiger partial charge in [-0.25, -0.2) is 0 Å². The number of nitrogens with two attached hydrogens (primary N) is 1. The molecule has 0 radical (unpaired) electrons. The highest BCUT2D eigenvalue weighted by molar-refractivity contribution is 5.89. The molecular formula is C13H18N2O2. The third kappa shape index (κ3) is 3.20. The van der Waals surface area contributed by atoms with E-state index in [9.17, 15) is 4.79 Å². The zero-order valence-corrected chi connectivity index (χ0v) is 10.0. The molecule has 0 aliphatic carbocycles. The number of nitrogens with one attached hydrogen (secondary N) is 1. The van der Waals surface area contributed by atoms with Crippen molar-refractivity contribution < 1.29 is 9.53 Å². The number of nitrogen functional groups attached to an aromatic ring is 1. The molecule has 4 nitrogen and oxygen atoms in total. The van der Waals surface area contributed by atoms with E-state index < -0.39 is 0 Å². The third-order valence-electron chi connectivity index (χ3n) is 2.99. The van der Waals surface area contributed by atoms with Gasteiger partial charge in [-0.3, -0.25) is 4.79 Å². The molecule has 2 rings (SSSR count). The van der Waals surface area contributed by atoms with Crippen LogP contribution in [-0.2, 0) is 9.53 Å². The van der Waals surface area contributed by atoms with E-state index in [4.69, 9.17) is 10.5 Å². The van der Waals surface area contributed by atoms with Crippen LogP contribution >= 0.6 is 0 Å². The first-order valence-electron chi connectivity index (χ1n) is 5.91. The first kappa shape index (κ1) is 11.9. The van der Waals surface area contributed by atoms with E-state index in [1.165, 1.54) is 12.5 Å². The van der Waals surface area contributed by atoms with Gasteiger partial charge < -0.3 is 15.8 Å². The van der Waals surface area contributed by atoms with Gasteiger partial charge in [-0.1, -0.05) is 0 Å². The Morgan fingerprint density at radius 3 is 2.71 bits per heavy atom. The summed E-state index contributed by atoms with van der Waals surface area (Å²) in [5.41, 5.74) is 8.52. The molecule has 1 heterocycles. The van der Waals surface area contributed by atoms with Crippen LogP contribution < -0.4 is 11.1 Å². The average Bonchev–Trinajstić information content (AvgIpc) is 2.28. The summed E-state index contributed by atoms with van der Waals surface area (Å²) in [6.07, 6.45) is 2.03. The maximum atomic E-state index is 11.0. The molecule has 0 aromatic heterocycles. The lowest BCUT2D eigenvalue weighted by molar-refractivity contribution is -0.114. The van der Waals surface area contributed by atoms with Crippen molar-refractivity contribution in [3.63, 3.8) is 0 Å². The number of hydrogen-bond donors (Lipinski definition) is 2. The smallest absolute Gasteiger partial charge is 0.221 e. The Bertz CT molecular complexity index is 412. The second-order valence-electron chi connectivity index (χ2n) is 4.46. The second kappa shape index (κ2) is 5.19. The summed E-state index contributed by atoms with van der Waals surface area (Å²) in [6, 6.07) is 5.78. The summed E-state index contributed by atoms with van der Waals surface area (Å²) in [4.78, 5) is 11.0. The molecule has 4 heteroatoms. The van der Waals surface area contributed by atoms with Crippen LogP contribution in [0.4, 0.5) is 11.4 Å².